The molecule has 3 aliphatic rings. The Balaban J connectivity index is 0.000000618. The van der Waals surface area contributed by atoms with Gasteiger partial charge in [0.25, 0.3) is 12.9 Å². The van der Waals surface area contributed by atoms with E-state index in [-0.39, 0.29) is 18.5 Å². The summed E-state index contributed by atoms with van der Waals surface area (Å²) in [6.07, 6.45) is 8.24. The van der Waals surface area contributed by atoms with Crippen LogP contribution in [0.5, 0.6) is 5.75 Å². The Hall–Kier alpha value is -2.65. The molecule has 0 radical (unpaired) electrons. The first kappa shape index (κ1) is 27.6. The molecule has 1 unspecified atom stereocenters. The molecule has 3 saturated heterocycles. The minimum absolute atomic E-state index is 0.250. The van der Waals surface area contributed by atoms with Gasteiger partial charge < -0.3 is 19.8 Å². The number of rotatable bonds is 6. The molecule has 3 fully saturated rings. The van der Waals surface area contributed by atoms with Crippen molar-refractivity contribution < 1.29 is 29.3 Å². The molecule has 1 aromatic carbocycles. The standard InChI is InChI=1S/C23H35N3O2.2CH2O2/c1-24-12-6-10-23(22(24)27)11-7-15-26(23)19-20-8-5-9-21(18-20)28-17-16-25-13-3-2-4-14-25;2*2-1-3/h5,8-9,18H,2-4,6-7,10-17,19H2,1H3;2*1H,(H,2,3). The molecule has 190 valence electrons. The van der Waals surface area contributed by atoms with E-state index in [1.165, 1.54) is 37.9 Å². The number of carboxylic acid groups (broad SMARTS) is 2. The highest BCUT2D eigenvalue weighted by molar-refractivity contribution is 5.87. The molecule has 3 aliphatic heterocycles. The van der Waals surface area contributed by atoms with Crippen molar-refractivity contribution in [3.8, 4) is 5.75 Å². The minimum Gasteiger partial charge on any atom is -0.492 e. The fourth-order valence-corrected chi connectivity index (χ4v) is 5.29. The van der Waals surface area contributed by atoms with Gasteiger partial charge in [-0.1, -0.05) is 18.6 Å². The quantitative estimate of drug-likeness (QED) is 0.602. The Bertz CT molecular complexity index is 765. The lowest BCUT2D eigenvalue weighted by Crippen LogP contribution is -2.58. The maximum atomic E-state index is 13.0. The summed E-state index contributed by atoms with van der Waals surface area (Å²) in [5.74, 6) is 1.28. The van der Waals surface area contributed by atoms with Gasteiger partial charge in [0.15, 0.2) is 0 Å². The van der Waals surface area contributed by atoms with Crippen LogP contribution in [-0.2, 0) is 20.9 Å². The highest BCUT2D eigenvalue weighted by Crippen LogP contribution is 2.39. The lowest BCUT2D eigenvalue weighted by molar-refractivity contribution is -0.146. The molecule has 0 saturated carbocycles. The maximum absolute atomic E-state index is 13.0. The molecule has 0 bridgehead atoms. The van der Waals surface area contributed by atoms with E-state index >= 15 is 0 Å². The molecule has 1 atom stereocenters. The fourth-order valence-electron chi connectivity index (χ4n) is 5.29. The Kier molecular flexibility index (Phi) is 11.8. The van der Waals surface area contributed by atoms with Crippen LogP contribution in [0.1, 0.15) is 50.5 Å². The van der Waals surface area contributed by atoms with Crippen molar-refractivity contribution in [2.75, 3.05) is 46.4 Å². The van der Waals surface area contributed by atoms with Crippen LogP contribution in [0.25, 0.3) is 0 Å². The lowest BCUT2D eigenvalue weighted by atomic mass is 9.85. The summed E-state index contributed by atoms with van der Waals surface area (Å²) in [7, 11) is 1.95. The maximum Gasteiger partial charge on any atom is 0.290 e. The van der Waals surface area contributed by atoms with Gasteiger partial charge in [0.2, 0.25) is 5.91 Å². The van der Waals surface area contributed by atoms with Crippen LogP contribution in [-0.4, -0.2) is 95.7 Å². The van der Waals surface area contributed by atoms with Crippen molar-refractivity contribution in [1.82, 2.24) is 14.7 Å². The van der Waals surface area contributed by atoms with Crippen molar-refractivity contribution in [2.45, 2.75) is 57.0 Å². The highest BCUT2D eigenvalue weighted by atomic mass is 16.5. The molecule has 4 rings (SSSR count). The largest absolute Gasteiger partial charge is 0.492 e. The predicted octanol–water partition coefficient (Wildman–Crippen LogP) is 2.54. The number of hydrogen-bond acceptors (Lipinski definition) is 6. The molecule has 9 heteroatoms. The number of nitrogens with zero attached hydrogens (tertiary/aromatic N) is 3. The molecule has 0 aliphatic carbocycles. The average Bonchev–Trinajstić information content (AvgIpc) is 3.22. The van der Waals surface area contributed by atoms with Crippen molar-refractivity contribution in [1.29, 1.82) is 0 Å². The Morgan fingerprint density at radius 3 is 2.29 bits per heavy atom. The molecular weight excluding hydrogens is 438 g/mol. The molecule has 0 aromatic heterocycles. The molecule has 1 aromatic rings. The first-order chi connectivity index (χ1) is 16.5. The lowest BCUT2D eigenvalue weighted by Gasteiger charge is -2.43. The summed E-state index contributed by atoms with van der Waals surface area (Å²) in [6, 6.07) is 8.47. The van der Waals surface area contributed by atoms with E-state index in [0.29, 0.717) is 5.91 Å². The number of likely N-dealkylation sites (tertiary alicyclic amines) is 3. The predicted molar refractivity (Wildman–Crippen MR) is 129 cm³/mol. The smallest absolute Gasteiger partial charge is 0.290 e. The number of piperidine rings is 2. The van der Waals surface area contributed by atoms with Crippen LogP contribution in [0.3, 0.4) is 0 Å². The Morgan fingerprint density at radius 2 is 1.62 bits per heavy atom. The van der Waals surface area contributed by atoms with E-state index in [1.807, 2.05) is 11.9 Å². The van der Waals surface area contributed by atoms with Crippen molar-refractivity contribution in [3.05, 3.63) is 29.8 Å². The van der Waals surface area contributed by atoms with E-state index in [2.05, 4.69) is 34.1 Å². The van der Waals surface area contributed by atoms with Crippen LogP contribution in [0.4, 0.5) is 0 Å². The van der Waals surface area contributed by atoms with Crippen molar-refractivity contribution in [3.63, 3.8) is 0 Å². The summed E-state index contributed by atoms with van der Waals surface area (Å²) in [5, 5.41) is 13.8. The topological polar surface area (TPSA) is 111 Å². The van der Waals surface area contributed by atoms with Crippen molar-refractivity contribution in [2.24, 2.45) is 0 Å². The fraction of sp³-hybridized carbons (Fsp3) is 0.640. The SMILES string of the molecule is CN1CCCC2(CCCN2Cc2cccc(OCCN3CCCCC3)c2)C1=O.O=CO.O=CO. The normalized spacial score (nSPS) is 22.9. The number of likely N-dealkylation sites (N-methyl/N-ethyl adjacent to an activating group) is 1. The Morgan fingerprint density at radius 1 is 0.971 bits per heavy atom. The zero-order chi connectivity index (χ0) is 24.8. The average molecular weight is 478 g/mol. The van der Waals surface area contributed by atoms with Crippen LogP contribution in [0.15, 0.2) is 24.3 Å². The number of amides is 1. The number of ether oxygens (including phenoxy) is 1. The third kappa shape index (κ3) is 7.70. The number of hydrogen-bond donors (Lipinski definition) is 2. The summed E-state index contributed by atoms with van der Waals surface area (Å²) in [4.78, 5) is 36.6. The first-order valence-electron chi connectivity index (χ1n) is 12.1. The highest BCUT2D eigenvalue weighted by Gasteiger charge is 2.49. The summed E-state index contributed by atoms with van der Waals surface area (Å²) < 4.78 is 6.05. The third-order valence-corrected chi connectivity index (χ3v) is 6.85. The van der Waals surface area contributed by atoms with Crippen LogP contribution in [0, 0.1) is 0 Å². The van der Waals surface area contributed by atoms with Crippen LogP contribution in [0.2, 0.25) is 0 Å². The van der Waals surface area contributed by atoms with Gasteiger partial charge in [0.1, 0.15) is 17.9 Å². The van der Waals surface area contributed by atoms with Crippen LogP contribution < -0.4 is 4.74 Å². The molecule has 2 N–H and O–H groups in total. The zero-order valence-corrected chi connectivity index (χ0v) is 20.2. The van der Waals surface area contributed by atoms with Gasteiger partial charge in [-0.3, -0.25) is 24.2 Å². The van der Waals surface area contributed by atoms with Gasteiger partial charge in [0.05, 0.1) is 0 Å². The zero-order valence-electron chi connectivity index (χ0n) is 20.2. The molecule has 1 amide bonds. The van der Waals surface area contributed by atoms with E-state index in [4.69, 9.17) is 24.5 Å². The number of benzene rings is 1. The number of carbonyl (C=O) groups excluding carboxylic acids is 1. The van der Waals surface area contributed by atoms with Gasteiger partial charge in [-0.25, -0.2) is 0 Å². The van der Waals surface area contributed by atoms with E-state index in [1.54, 1.807) is 0 Å². The van der Waals surface area contributed by atoms with Gasteiger partial charge >= 0.3 is 0 Å². The minimum atomic E-state index is -0.266. The molecule has 9 nitrogen and oxygen atoms in total. The molecular formula is C25H39N3O6. The van der Waals surface area contributed by atoms with Gasteiger partial charge in [-0.2, -0.15) is 0 Å². The number of carbonyl (C=O) groups is 3. The van der Waals surface area contributed by atoms with E-state index in [0.717, 1.165) is 64.2 Å². The second-order valence-corrected chi connectivity index (χ2v) is 9.00. The molecule has 34 heavy (non-hydrogen) atoms. The molecule has 1 spiro atoms. The van der Waals surface area contributed by atoms with Gasteiger partial charge in [0, 0.05) is 26.7 Å². The van der Waals surface area contributed by atoms with Crippen LogP contribution >= 0.6 is 0 Å². The first-order valence-corrected chi connectivity index (χ1v) is 12.1. The van der Waals surface area contributed by atoms with Gasteiger partial charge in [-0.05, 0) is 75.9 Å². The van der Waals surface area contributed by atoms with E-state index in [9.17, 15) is 4.79 Å². The Labute approximate surface area is 202 Å². The van der Waals surface area contributed by atoms with E-state index < -0.39 is 0 Å². The third-order valence-electron chi connectivity index (χ3n) is 6.85. The second kappa shape index (κ2) is 14.6. The van der Waals surface area contributed by atoms with Gasteiger partial charge in [-0.15, -0.1) is 0 Å². The summed E-state index contributed by atoms with van der Waals surface area (Å²) in [5.41, 5.74) is 0.982. The van der Waals surface area contributed by atoms with Crippen molar-refractivity contribution >= 4 is 18.9 Å². The summed E-state index contributed by atoms with van der Waals surface area (Å²) >= 11 is 0. The summed E-state index contributed by atoms with van der Waals surface area (Å²) in [6.45, 7) is 6.43. The monoisotopic (exact) mass is 477 g/mol. The molecule has 3 heterocycles. The second-order valence-electron chi connectivity index (χ2n) is 9.00.